The molecule has 0 unspecified atom stereocenters. The van der Waals surface area contributed by atoms with Gasteiger partial charge in [-0.2, -0.15) is 0 Å². The first kappa shape index (κ1) is 12.9. The molecule has 0 heterocycles. The lowest BCUT2D eigenvalue weighted by Gasteiger charge is -2.26. The summed E-state index contributed by atoms with van der Waals surface area (Å²) in [4.78, 5) is 2.27. The molecule has 0 spiro atoms. The van der Waals surface area contributed by atoms with Crippen LogP contribution in [0.4, 0.5) is 0 Å². The third-order valence-corrected chi connectivity index (χ3v) is 2.36. The third kappa shape index (κ3) is 7.03. The molecule has 0 fully saturated rings. The van der Waals surface area contributed by atoms with Gasteiger partial charge in [0.1, 0.15) is 0 Å². The summed E-state index contributed by atoms with van der Waals surface area (Å²) in [5.74, 6) is 0. The van der Waals surface area contributed by atoms with E-state index >= 15 is 0 Å². The molecule has 80 valence electrons. The van der Waals surface area contributed by atoms with Crippen LogP contribution in [0.5, 0.6) is 0 Å². The van der Waals surface area contributed by atoms with E-state index in [0.29, 0.717) is 0 Å². The average Bonchev–Trinajstić information content (AvgIpc) is 2.03. The highest BCUT2D eigenvalue weighted by atomic mass is 16.5. The second-order valence-corrected chi connectivity index (χ2v) is 4.25. The second-order valence-electron chi connectivity index (χ2n) is 4.25. The van der Waals surface area contributed by atoms with Crippen molar-refractivity contribution < 1.29 is 4.74 Å². The number of rotatable bonds is 7. The van der Waals surface area contributed by atoms with Crippen LogP contribution in [0.15, 0.2) is 0 Å². The molecule has 2 nitrogen and oxygen atoms in total. The molecular formula is C11H25NO. The Morgan fingerprint density at radius 1 is 1.23 bits per heavy atom. The van der Waals surface area contributed by atoms with Gasteiger partial charge in [-0.05, 0) is 33.9 Å². The molecule has 0 saturated carbocycles. The van der Waals surface area contributed by atoms with E-state index in [2.05, 4.69) is 39.6 Å². The normalized spacial score (nSPS) is 12.5. The van der Waals surface area contributed by atoms with E-state index in [9.17, 15) is 0 Å². The first-order valence-corrected chi connectivity index (χ1v) is 5.34. The van der Waals surface area contributed by atoms with Crippen LogP contribution >= 0.6 is 0 Å². The Kier molecular flexibility index (Phi) is 6.35. The van der Waals surface area contributed by atoms with Gasteiger partial charge in [-0.3, -0.25) is 0 Å². The molecule has 2 heteroatoms. The predicted molar refractivity (Wildman–Crippen MR) is 58.1 cm³/mol. The van der Waals surface area contributed by atoms with Crippen molar-refractivity contribution in [1.82, 2.24) is 4.90 Å². The van der Waals surface area contributed by atoms with Crippen LogP contribution < -0.4 is 0 Å². The Morgan fingerprint density at radius 2 is 1.85 bits per heavy atom. The Morgan fingerprint density at radius 3 is 2.31 bits per heavy atom. The molecular weight excluding hydrogens is 162 g/mol. The summed E-state index contributed by atoms with van der Waals surface area (Å²) in [6.45, 7) is 11.7. The average molecular weight is 187 g/mol. The first-order valence-electron chi connectivity index (χ1n) is 5.34. The lowest BCUT2D eigenvalue weighted by atomic mass is 10.0. The maximum absolute atomic E-state index is 5.80. The molecule has 0 aromatic rings. The smallest absolute Gasteiger partial charge is 0.0627 e. The minimum atomic E-state index is 0.0589. The summed E-state index contributed by atoms with van der Waals surface area (Å²) >= 11 is 0. The Bertz CT molecular complexity index is 123. The second kappa shape index (κ2) is 6.39. The van der Waals surface area contributed by atoms with E-state index in [0.717, 1.165) is 26.1 Å². The van der Waals surface area contributed by atoms with Gasteiger partial charge >= 0.3 is 0 Å². The number of hydrogen-bond donors (Lipinski definition) is 0. The lowest BCUT2D eigenvalue weighted by Crippen LogP contribution is -2.30. The zero-order chi connectivity index (χ0) is 10.3. The van der Waals surface area contributed by atoms with Crippen molar-refractivity contribution in [2.45, 2.75) is 46.1 Å². The summed E-state index contributed by atoms with van der Waals surface area (Å²) in [7, 11) is 2.12. The molecule has 0 saturated heterocycles. The minimum Gasteiger partial charge on any atom is -0.374 e. The Balaban J connectivity index is 3.50. The van der Waals surface area contributed by atoms with Gasteiger partial charge in [0.25, 0.3) is 0 Å². The summed E-state index contributed by atoms with van der Waals surface area (Å²) in [6, 6.07) is 0. The molecule has 13 heavy (non-hydrogen) atoms. The first-order chi connectivity index (χ1) is 6.02. The molecule has 0 aromatic heterocycles. The Labute approximate surface area is 83.3 Å². The highest BCUT2D eigenvalue weighted by Gasteiger charge is 2.16. The molecule has 0 aliphatic heterocycles. The van der Waals surface area contributed by atoms with E-state index in [1.807, 2.05) is 0 Å². The highest BCUT2D eigenvalue weighted by Crippen LogP contribution is 2.15. The van der Waals surface area contributed by atoms with E-state index in [1.54, 1.807) is 0 Å². The Hall–Kier alpha value is -0.0800. The van der Waals surface area contributed by atoms with Gasteiger partial charge in [0.05, 0.1) is 12.2 Å². The van der Waals surface area contributed by atoms with Gasteiger partial charge in [-0.15, -0.1) is 0 Å². The fraction of sp³-hybridized carbons (Fsp3) is 1.00. The quantitative estimate of drug-likeness (QED) is 0.607. The largest absolute Gasteiger partial charge is 0.374 e. The maximum atomic E-state index is 5.80. The minimum absolute atomic E-state index is 0.0589. The molecule has 0 aliphatic carbocycles. The van der Waals surface area contributed by atoms with E-state index in [4.69, 9.17) is 4.74 Å². The maximum Gasteiger partial charge on any atom is 0.0627 e. The van der Waals surface area contributed by atoms with E-state index in [1.165, 1.54) is 6.42 Å². The fourth-order valence-electron chi connectivity index (χ4n) is 1.31. The van der Waals surface area contributed by atoms with Crippen LogP contribution in [0.3, 0.4) is 0 Å². The third-order valence-electron chi connectivity index (χ3n) is 2.36. The molecule has 0 aromatic carbocycles. The number of hydrogen-bond acceptors (Lipinski definition) is 2. The molecule has 0 N–H and O–H groups in total. The zero-order valence-electron chi connectivity index (χ0n) is 9.89. The van der Waals surface area contributed by atoms with E-state index in [-0.39, 0.29) is 5.60 Å². The highest BCUT2D eigenvalue weighted by molar-refractivity contribution is 4.67. The molecule has 0 atom stereocenters. The summed E-state index contributed by atoms with van der Waals surface area (Å²) in [5, 5.41) is 0. The standard InChI is InChI=1S/C11H25NO/c1-6-8-11(3,4)13-10-9-12(5)7-2/h6-10H2,1-5H3. The van der Waals surface area contributed by atoms with Gasteiger partial charge in [0, 0.05) is 6.54 Å². The van der Waals surface area contributed by atoms with Gasteiger partial charge < -0.3 is 9.64 Å². The number of nitrogens with zero attached hydrogens (tertiary/aromatic N) is 1. The van der Waals surface area contributed by atoms with Gasteiger partial charge in [-0.1, -0.05) is 20.3 Å². The molecule has 0 radical (unpaired) electrons. The summed E-state index contributed by atoms with van der Waals surface area (Å²) in [5.41, 5.74) is 0.0589. The number of likely N-dealkylation sites (N-methyl/N-ethyl adjacent to an activating group) is 1. The predicted octanol–water partition coefficient (Wildman–Crippen LogP) is 2.53. The summed E-state index contributed by atoms with van der Waals surface area (Å²) in [6.07, 6.45) is 2.33. The fourth-order valence-corrected chi connectivity index (χ4v) is 1.31. The van der Waals surface area contributed by atoms with Gasteiger partial charge in [-0.25, -0.2) is 0 Å². The molecule has 0 bridgehead atoms. The van der Waals surface area contributed by atoms with Gasteiger partial charge in [0.15, 0.2) is 0 Å². The molecule has 0 aliphatic rings. The van der Waals surface area contributed by atoms with Crippen molar-refractivity contribution >= 4 is 0 Å². The lowest BCUT2D eigenvalue weighted by molar-refractivity contribution is -0.0299. The van der Waals surface area contributed by atoms with Crippen molar-refractivity contribution in [1.29, 1.82) is 0 Å². The van der Waals surface area contributed by atoms with Crippen molar-refractivity contribution in [2.24, 2.45) is 0 Å². The van der Waals surface area contributed by atoms with Gasteiger partial charge in [0.2, 0.25) is 0 Å². The van der Waals surface area contributed by atoms with Crippen LogP contribution in [0.1, 0.15) is 40.5 Å². The SMILES string of the molecule is CCCC(C)(C)OCCN(C)CC. The van der Waals surface area contributed by atoms with Crippen molar-refractivity contribution in [2.75, 3.05) is 26.7 Å². The van der Waals surface area contributed by atoms with Crippen molar-refractivity contribution in [3.63, 3.8) is 0 Å². The van der Waals surface area contributed by atoms with Crippen LogP contribution in [-0.2, 0) is 4.74 Å². The summed E-state index contributed by atoms with van der Waals surface area (Å²) < 4.78 is 5.80. The van der Waals surface area contributed by atoms with Crippen molar-refractivity contribution in [3.8, 4) is 0 Å². The number of ether oxygens (including phenoxy) is 1. The van der Waals surface area contributed by atoms with E-state index < -0.39 is 0 Å². The molecule has 0 amide bonds. The van der Waals surface area contributed by atoms with Crippen LogP contribution in [0.25, 0.3) is 0 Å². The molecule has 0 rings (SSSR count). The topological polar surface area (TPSA) is 12.5 Å². The van der Waals surface area contributed by atoms with Crippen LogP contribution in [0, 0.1) is 0 Å². The monoisotopic (exact) mass is 187 g/mol. The van der Waals surface area contributed by atoms with Crippen molar-refractivity contribution in [3.05, 3.63) is 0 Å². The van der Waals surface area contributed by atoms with Crippen LogP contribution in [0.2, 0.25) is 0 Å². The van der Waals surface area contributed by atoms with Crippen LogP contribution in [-0.4, -0.2) is 37.2 Å². The zero-order valence-corrected chi connectivity index (χ0v) is 9.89.